The molecule has 0 bridgehead atoms. The predicted octanol–water partition coefficient (Wildman–Crippen LogP) is 6.68. The molecule has 1 atom stereocenters. The molecule has 48 heavy (non-hydrogen) atoms. The van der Waals surface area contributed by atoms with Crippen LogP contribution in [0.25, 0.3) is 0 Å². The van der Waals surface area contributed by atoms with Gasteiger partial charge in [0, 0.05) is 25.6 Å². The Morgan fingerprint density at radius 1 is 0.833 bits per heavy atom. The van der Waals surface area contributed by atoms with Gasteiger partial charge in [-0.15, -0.1) is 0 Å². The maximum Gasteiger partial charge on any atom is 0.264 e. The van der Waals surface area contributed by atoms with Gasteiger partial charge in [0.2, 0.25) is 11.8 Å². The number of rotatable bonds is 15. The van der Waals surface area contributed by atoms with Gasteiger partial charge < -0.3 is 19.7 Å². The molecule has 0 aliphatic heterocycles. The molecule has 4 aromatic carbocycles. The van der Waals surface area contributed by atoms with Crippen molar-refractivity contribution in [2.24, 2.45) is 0 Å². The van der Waals surface area contributed by atoms with Crippen molar-refractivity contribution in [2.45, 2.75) is 44.2 Å². The van der Waals surface area contributed by atoms with Crippen LogP contribution in [0.15, 0.2) is 95.9 Å². The molecule has 0 aliphatic carbocycles. The van der Waals surface area contributed by atoms with Crippen molar-refractivity contribution in [3.8, 4) is 11.5 Å². The van der Waals surface area contributed by atoms with E-state index in [1.807, 2.05) is 44.2 Å². The molecule has 0 fully saturated rings. The SMILES string of the molecule is CCCNC(=O)[C@@H](Cc1ccccc1)N(Cc1ccc(Cl)c(Cl)c1)C(=O)CN(c1ccc(C)cc1)S(=O)(=O)c1ccc(OC)c(OC)c1. The second-order valence-corrected chi connectivity index (χ2v) is 13.8. The highest BCUT2D eigenvalue weighted by atomic mass is 35.5. The summed E-state index contributed by atoms with van der Waals surface area (Å²) in [6, 6.07) is 24.4. The molecule has 1 N–H and O–H groups in total. The average molecular weight is 713 g/mol. The lowest BCUT2D eigenvalue weighted by Gasteiger charge is -2.34. The monoisotopic (exact) mass is 711 g/mol. The largest absolute Gasteiger partial charge is 0.493 e. The van der Waals surface area contributed by atoms with Crippen molar-refractivity contribution in [3.63, 3.8) is 0 Å². The number of anilines is 1. The molecule has 9 nitrogen and oxygen atoms in total. The molecule has 0 saturated heterocycles. The Balaban J connectivity index is 1.83. The summed E-state index contributed by atoms with van der Waals surface area (Å²) in [4.78, 5) is 29.7. The summed E-state index contributed by atoms with van der Waals surface area (Å²) in [6.07, 6.45) is 0.881. The Hall–Kier alpha value is -4.25. The highest BCUT2D eigenvalue weighted by Crippen LogP contribution is 2.33. The summed E-state index contributed by atoms with van der Waals surface area (Å²) in [5.74, 6) is -0.397. The van der Waals surface area contributed by atoms with Crippen molar-refractivity contribution < 1.29 is 27.5 Å². The first-order valence-corrected chi connectivity index (χ1v) is 17.5. The van der Waals surface area contributed by atoms with E-state index in [1.165, 1.54) is 37.3 Å². The molecule has 0 spiro atoms. The molecule has 4 rings (SSSR count). The molecular weight excluding hydrogens is 673 g/mol. The van der Waals surface area contributed by atoms with Crippen LogP contribution in [0, 0.1) is 6.92 Å². The standard InChI is InChI=1S/C36H39Cl2N3O6S/c1-5-19-39-36(43)32(21-26-9-7-6-8-10-26)40(23-27-13-17-30(37)31(38)20-27)35(42)24-41(28-14-11-25(2)12-15-28)48(44,45)29-16-18-33(46-3)34(22-29)47-4/h6-18,20,22,32H,5,19,21,23-24H2,1-4H3,(H,39,43)/t32-/m1/s1. The van der Waals surface area contributed by atoms with Crippen LogP contribution in [0.2, 0.25) is 10.0 Å². The van der Waals surface area contributed by atoms with Crippen LogP contribution in [0.5, 0.6) is 11.5 Å². The molecule has 254 valence electrons. The van der Waals surface area contributed by atoms with Gasteiger partial charge in [0.1, 0.15) is 12.6 Å². The minimum Gasteiger partial charge on any atom is -0.493 e. The van der Waals surface area contributed by atoms with Gasteiger partial charge in [0.25, 0.3) is 10.0 Å². The number of carbonyl (C=O) groups is 2. The van der Waals surface area contributed by atoms with Crippen molar-refractivity contribution in [3.05, 3.63) is 118 Å². The van der Waals surface area contributed by atoms with E-state index >= 15 is 0 Å². The van der Waals surface area contributed by atoms with E-state index in [4.69, 9.17) is 32.7 Å². The van der Waals surface area contributed by atoms with Crippen molar-refractivity contribution in [1.82, 2.24) is 10.2 Å². The molecule has 0 unspecified atom stereocenters. The number of carbonyl (C=O) groups excluding carboxylic acids is 2. The molecule has 4 aromatic rings. The number of hydrogen-bond donors (Lipinski definition) is 1. The number of benzene rings is 4. The first kappa shape index (κ1) is 36.6. The van der Waals surface area contributed by atoms with E-state index in [0.29, 0.717) is 29.3 Å². The summed E-state index contributed by atoms with van der Waals surface area (Å²) in [5, 5.41) is 3.55. The minimum atomic E-state index is -4.35. The third-order valence-electron chi connectivity index (χ3n) is 7.70. The number of amides is 2. The van der Waals surface area contributed by atoms with Gasteiger partial charge in [0.05, 0.1) is 34.8 Å². The third-order valence-corrected chi connectivity index (χ3v) is 10.2. The van der Waals surface area contributed by atoms with Gasteiger partial charge in [-0.05, 0) is 60.9 Å². The zero-order valence-corrected chi connectivity index (χ0v) is 29.6. The molecule has 0 heterocycles. The van der Waals surface area contributed by atoms with E-state index in [1.54, 1.807) is 42.5 Å². The predicted molar refractivity (Wildman–Crippen MR) is 190 cm³/mol. The summed E-state index contributed by atoms with van der Waals surface area (Å²) in [7, 11) is -1.48. The summed E-state index contributed by atoms with van der Waals surface area (Å²) >= 11 is 12.5. The Labute approximate surface area is 292 Å². The summed E-state index contributed by atoms with van der Waals surface area (Å²) in [6.45, 7) is 3.58. The number of nitrogens with zero attached hydrogens (tertiary/aromatic N) is 2. The average Bonchev–Trinajstić information content (AvgIpc) is 3.09. The molecular formula is C36H39Cl2N3O6S. The van der Waals surface area contributed by atoms with Gasteiger partial charge in [-0.3, -0.25) is 13.9 Å². The number of halogens is 2. The second kappa shape index (κ2) is 16.7. The topological polar surface area (TPSA) is 105 Å². The van der Waals surface area contributed by atoms with Crippen LogP contribution in [0.4, 0.5) is 5.69 Å². The van der Waals surface area contributed by atoms with Crippen LogP contribution >= 0.6 is 23.2 Å². The fraction of sp³-hybridized carbons (Fsp3) is 0.278. The van der Waals surface area contributed by atoms with E-state index in [-0.39, 0.29) is 40.2 Å². The molecule has 0 aromatic heterocycles. The van der Waals surface area contributed by atoms with Gasteiger partial charge in [-0.25, -0.2) is 8.42 Å². The lowest BCUT2D eigenvalue weighted by atomic mass is 10.0. The number of sulfonamides is 1. The lowest BCUT2D eigenvalue weighted by molar-refractivity contribution is -0.140. The van der Waals surface area contributed by atoms with E-state index in [2.05, 4.69) is 5.32 Å². The number of aryl methyl sites for hydroxylation is 1. The maximum absolute atomic E-state index is 14.6. The minimum absolute atomic E-state index is 0.0368. The van der Waals surface area contributed by atoms with E-state index < -0.39 is 28.5 Å². The van der Waals surface area contributed by atoms with Crippen molar-refractivity contribution in [1.29, 1.82) is 0 Å². The van der Waals surface area contributed by atoms with Gasteiger partial charge in [-0.2, -0.15) is 0 Å². The van der Waals surface area contributed by atoms with Gasteiger partial charge >= 0.3 is 0 Å². The third kappa shape index (κ3) is 9.00. The number of nitrogens with one attached hydrogen (secondary N) is 1. The molecule has 0 radical (unpaired) electrons. The lowest BCUT2D eigenvalue weighted by Crippen LogP contribution is -2.53. The zero-order valence-electron chi connectivity index (χ0n) is 27.3. The molecule has 0 aliphatic rings. The summed E-state index contributed by atoms with van der Waals surface area (Å²) < 4.78 is 40.5. The first-order chi connectivity index (χ1) is 23.0. The van der Waals surface area contributed by atoms with Crippen molar-refractivity contribution >= 4 is 50.7 Å². The maximum atomic E-state index is 14.6. The second-order valence-electron chi connectivity index (χ2n) is 11.1. The van der Waals surface area contributed by atoms with Crippen LogP contribution < -0.4 is 19.1 Å². The Bertz CT molecular complexity index is 1820. The molecule has 0 saturated carbocycles. The van der Waals surface area contributed by atoms with Gasteiger partial charge in [0.15, 0.2) is 11.5 Å². The van der Waals surface area contributed by atoms with Crippen molar-refractivity contribution in [2.75, 3.05) is 31.6 Å². The Morgan fingerprint density at radius 3 is 2.15 bits per heavy atom. The quantitative estimate of drug-likeness (QED) is 0.148. The number of ether oxygens (including phenoxy) is 2. The Kier molecular flexibility index (Phi) is 12.7. The van der Waals surface area contributed by atoms with Crippen LogP contribution in [0.1, 0.15) is 30.0 Å². The smallest absolute Gasteiger partial charge is 0.264 e. The number of hydrogen-bond acceptors (Lipinski definition) is 6. The van der Waals surface area contributed by atoms with Crippen LogP contribution in [-0.4, -0.2) is 58.5 Å². The number of methoxy groups -OCH3 is 2. The zero-order chi connectivity index (χ0) is 34.8. The van der Waals surface area contributed by atoms with Crippen LogP contribution in [0.3, 0.4) is 0 Å². The molecule has 12 heteroatoms. The fourth-order valence-electron chi connectivity index (χ4n) is 5.10. The summed E-state index contributed by atoms with van der Waals surface area (Å²) in [5.41, 5.74) is 2.62. The normalized spacial score (nSPS) is 11.8. The fourth-order valence-corrected chi connectivity index (χ4v) is 6.85. The Morgan fingerprint density at radius 2 is 1.52 bits per heavy atom. The van der Waals surface area contributed by atoms with Gasteiger partial charge in [-0.1, -0.05) is 84.2 Å². The van der Waals surface area contributed by atoms with E-state index in [0.717, 1.165) is 15.4 Å². The highest BCUT2D eigenvalue weighted by molar-refractivity contribution is 7.92. The molecule has 2 amide bonds. The highest BCUT2D eigenvalue weighted by Gasteiger charge is 2.35. The van der Waals surface area contributed by atoms with E-state index in [9.17, 15) is 18.0 Å². The van der Waals surface area contributed by atoms with Crippen LogP contribution in [-0.2, 0) is 32.6 Å². The first-order valence-electron chi connectivity index (χ1n) is 15.3.